The van der Waals surface area contributed by atoms with Crippen LogP contribution in [0, 0.1) is 5.92 Å². The monoisotopic (exact) mass is 294 g/mol. The summed E-state index contributed by atoms with van der Waals surface area (Å²) in [5, 5.41) is 0. The van der Waals surface area contributed by atoms with E-state index >= 15 is 0 Å². The second kappa shape index (κ2) is 3.84. The van der Waals surface area contributed by atoms with Gasteiger partial charge < -0.3 is 0 Å². The van der Waals surface area contributed by atoms with Gasteiger partial charge in [0.15, 0.2) is 0 Å². The molecular weight excluding hydrogens is 290 g/mol. The molecule has 0 radical (unpaired) electrons. The van der Waals surface area contributed by atoms with E-state index in [1.54, 1.807) is 0 Å². The second-order valence-electron chi connectivity index (χ2n) is 3.07. The lowest BCUT2D eigenvalue weighted by Gasteiger charge is -2.23. The molecule has 1 atom stereocenters. The van der Waals surface area contributed by atoms with Gasteiger partial charge in [-0.1, -0.05) is 22.0 Å². The van der Waals surface area contributed by atoms with Crippen LogP contribution in [0.5, 0.6) is 0 Å². The summed E-state index contributed by atoms with van der Waals surface area (Å²) < 4.78 is 73.0. The van der Waals surface area contributed by atoms with Gasteiger partial charge in [-0.15, -0.1) is 0 Å². The molecule has 0 saturated heterocycles. The summed E-state index contributed by atoms with van der Waals surface area (Å²) in [5.41, 5.74) is -1.17. The summed E-state index contributed by atoms with van der Waals surface area (Å²) in [6.45, 7) is 0. The summed E-state index contributed by atoms with van der Waals surface area (Å²) in [4.78, 5) is 0. The maximum absolute atomic E-state index is 12.2. The van der Waals surface area contributed by atoms with Gasteiger partial charge in [0.25, 0.3) is 0 Å². The number of hydrogen-bond acceptors (Lipinski definition) is 0. The van der Waals surface area contributed by atoms with Gasteiger partial charge in [0, 0.05) is 10.1 Å². The summed E-state index contributed by atoms with van der Waals surface area (Å²) in [6.07, 6.45) is -9.01. The zero-order valence-electron chi connectivity index (χ0n) is 7.08. The first-order valence-corrected chi connectivity index (χ1v) is 4.62. The molecule has 0 aromatic carbocycles. The van der Waals surface area contributed by atoms with Crippen LogP contribution < -0.4 is 0 Å². The maximum atomic E-state index is 12.2. The molecule has 0 aliphatic heterocycles. The number of hydrogen-bond donors (Lipinski definition) is 0. The van der Waals surface area contributed by atoms with Gasteiger partial charge in [0.1, 0.15) is 0 Å². The first kappa shape index (κ1) is 12.6. The Morgan fingerprint density at radius 1 is 1.13 bits per heavy atom. The highest BCUT2D eigenvalue weighted by Crippen LogP contribution is 2.42. The van der Waals surface area contributed by atoms with E-state index in [4.69, 9.17) is 0 Å². The molecule has 7 heteroatoms. The van der Waals surface area contributed by atoms with E-state index in [0.29, 0.717) is 6.08 Å². The molecule has 1 rings (SSSR count). The normalized spacial score (nSPS) is 23.5. The van der Waals surface area contributed by atoms with Crippen molar-refractivity contribution in [3.63, 3.8) is 0 Å². The summed E-state index contributed by atoms with van der Waals surface area (Å²) in [6, 6.07) is 0. The molecule has 86 valence electrons. The predicted octanol–water partition coefficient (Wildman–Crippen LogP) is 4.34. The maximum Gasteiger partial charge on any atom is 0.412 e. The van der Waals surface area contributed by atoms with Crippen molar-refractivity contribution in [2.24, 2.45) is 5.92 Å². The Balaban J connectivity index is 2.96. The summed E-state index contributed by atoms with van der Waals surface area (Å²) in [7, 11) is 0. The zero-order valence-corrected chi connectivity index (χ0v) is 8.67. The fourth-order valence-electron chi connectivity index (χ4n) is 1.17. The van der Waals surface area contributed by atoms with Crippen LogP contribution in [0.15, 0.2) is 22.2 Å². The van der Waals surface area contributed by atoms with Gasteiger partial charge >= 0.3 is 12.4 Å². The number of alkyl halides is 6. The van der Waals surface area contributed by atoms with E-state index < -0.39 is 30.3 Å². The van der Waals surface area contributed by atoms with Crippen molar-refractivity contribution >= 4 is 15.9 Å². The molecule has 0 nitrogen and oxygen atoms in total. The van der Waals surface area contributed by atoms with E-state index in [1.807, 2.05) is 0 Å². The fraction of sp³-hybridized carbons (Fsp3) is 0.500. The summed E-state index contributed by atoms with van der Waals surface area (Å²) in [5.74, 6) is -2.08. The first-order valence-electron chi connectivity index (χ1n) is 3.82. The molecule has 0 aromatic rings. The van der Waals surface area contributed by atoms with Crippen LogP contribution in [0.3, 0.4) is 0 Å². The third kappa shape index (κ3) is 3.25. The number of halogens is 7. The van der Waals surface area contributed by atoms with Crippen LogP contribution in [0.1, 0.15) is 6.42 Å². The number of allylic oxidation sites excluding steroid dienone is 4. The highest BCUT2D eigenvalue weighted by atomic mass is 79.9. The van der Waals surface area contributed by atoms with Gasteiger partial charge in [0.2, 0.25) is 0 Å². The zero-order chi connectivity index (χ0) is 11.9. The SMILES string of the molecule is FC(F)(F)C1=CC(Br)=CC(C(F)(F)F)C1. The molecular formula is C8H5BrF6. The Hall–Kier alpha value is -0.460. The lowest BCUT2D eigenvalue weighted by Crippen LogP contribution is -2.27. The predicted molar refractivity (Wildman–Crippen MR) is 45.3 cm³/mol. The van der Waals surface area contributed by atoms with Gasteiger partial charge in [-0.25, -0.2) is 0 Å². The van der Waals surface area contributed by atoms with E-state index in [2.05, 4.69) is 15.9 Å². The standard InChI is InChI=1S/C8H5BrF6/c9-6-2-4(7(10,11)12)1-5(3-6)8(13,14)15/h2-4H,1H2. The fourth-order valence-corrected chi connectivity index (χ4v) is 1.76. The smallest absolute Gasteiger partial charge is 0.170 e. The minimum Gasteiger partial charge on any atom is -0.170 e. The van der Waals surface area contributed by atoms with Gasteiger partial charge in [-0.05, 0) is 12.5 Å². The largest absolute Gasteiger partial charge is 0.412 e. The topological polar surface area (TPSA) is 0 Å². The molecule has 0 spiro atoms. The Kier molecular flexibility index (Phi) is 3.23. The van der Waals surface area contributed by atoms with E-state index in [-0.39, 0.29) is 4.48 Å². The minimum absolute atomic E-state index is 0.191. The van der Waals surface area contributed by atoms with Crippen molar-refractivity contribution in [2.75, 3.05) is 0 Å². The van der Waals surface area contributed by atoms with E-state index in [9.17, 15) is 26.3 Å². The molecule has 1 unspecified atom stereocenters. The third-order valence-corrected chi connectivity index (χ3v) is 2.39. The highest BCUT2D eigenvalue weighted by molar-refractivity contribution is 9.11. The van der Waals surface area contributed by atoms with Crippen molar-refractivity contribution in [3.05, 3.63) is 22.2 Å². The molecule has 0 N–H and O–H groups in total. The van der Waals surface area contributed by atoms with Crippen molar-refractivity contribution in [1.29, 1.82) is 0 Å². The van der Waals surface area contributed by atoms with Gasteiger partial charge in [-0.2, -0.15) is 26.3 Å². The molecule has 15 heavy (non-hydrogen) atoms. The second-order valence-corrected chi connectivity index (χ2v) is 3.99. The summed E-state index contributed by atoms with van der Waals surface area (Å²) >= 11 is 2.64. The van der Waals surface area contributed by atoms with Gasteiger partial charge in [-0.3, -0.25) is 0 Å². The van der Waals surface area contributed by atoms with Crippen LogP contribution in [0.25, 0.3) is 0 Å². The van der Waals surface area contributed by atoms with Crippen LogP contribution >= 0.6 is 15.9 Å². The molecule has 0 fully saturated rings. The van der Waals surface area contributed by atoms with Crippen molar-refractivity contribution in [3.8, 4) is 0 Å². The van der Waals surface area contributed by atoms with Gasteiger partial charge in [0.05, 0.1) is 5.92 Å². The van der Waals surface area contributed by atoms with Crippen LogP contribution in [-0.4, -0.2) is 12.4 Å². The van der Waals surface area contributed by atoms with Crippen molar-refractivity contribution in [2.45, 2.75) is 18.8 Å². The van der Waals surface area contributed by atoms with Crippen molar-refractivity contribution < 1.29 is 26.3 Å². The molecule has 0 amide bonds. The van der Waals surface area contributed by atoms with Crippen LogP contribution in [-0.2, 0) is 0 Å². The molecule has 0 saturated carbocycles. The Morgan fingerprint density at radius 3 is 2.07 bits per heavy atom. The van der Waals surface area contributed by atoms with E-state index in [1.165, 1.54) is 0 Å². The first-order chi connectivity index (χ1) is 6.60. The van der Waals surface area contributed by atoms with Crippen LogP contribution in [0.2, 0.25) is 0 Å². The Bertz CT molecular complexity index is 308. The molecule has 1 aliphatic rings. The average molecular weight is 295 g/mol. The lowest BCUT2D eigenvalue weighted by atomic mass is 9.93. The molecule has 0 aromatic heterocycles. The minimum atomic E-state index is -4.71. The molecule has 0 bridgehead atoms. The van der Waals surface area contributed by atoms with Crippen LogP contribution in [0.4, 0.5) is 26.3 Å². The quantitative estimate of drug-likeness (QED) is 0.583. The highest BCUT2D eigenvalue weighted by Gasteiger charge is 2.45. The average Bonchev–Trinajstić information content (AvgIpc) is 1.99. The Morgan fingerprint density at radius 2 is 1.67 bits per heavy atom. The molecule has 0 heterocycles. The van der Waals surface area contributed by atoms with Crippen molar-refractivity contribution in [1.82, 2.24) is 0 Å². The van der Waals surface area contributed by atoms with E-state index in [0.717, 1.165) is 6.08 Å². The lowest BCUT2D eigenvalue weighted by molar-refractivity contribution is -0.165. The Labute approximate surface area is 89.8 Å². The molecule has 1 aliphatic carbocycles. The third-order valence-electron chi connectivity index (χ3n) is 1.90. The number of rotatable bonds is 0.